The predicted octanol–water partition coefficient (Wildman–Crippen LogP) is 2.64. The second-order valence-corrected chi connectivity index (χ2v) is 3.56. The molecule has 1 N–H and O–H groups in total. The van der Waals surface area contributed by atoms with Gasteiger partial charge in [0.05, 0.1) is 0 Å². The number of nitrogens with one attached hydrogen (secondary N) is 1. The van der Waals surface area contributed by atoms with Gasteiger partial charge in [-0.2, -0.15) is 0 Å². The standard InChI is InChI=1S/C13H12N2O/c1-10-3-2-4-11(9-10)13(16)15-12-5-7-14-8-6-12/h2-9H,1H3,(H,14,15,16). The number of aromatic nitrogens is 1. The Labute approximate surface area is 94.1 Å². The van der Waals surface area contributed by atoms with Gasteiger partial charge in [-0.1, -0.05) is 17.7 Å². The summed E-state index contributed by atoms with van der Waals surface area (Å²) in [7, 11) is 0. The van der Waals surface area contributed by atoms with Crippen LogP contribution in [0.5, 0.6) is 0 Å². The molecule has 0 atom stereocenters. The van der Waals surface area contributed by atoms with E-state index >= 15 is 0 Å². The number of nitrogens with zero attached hydrogens (tertiary/aromatic N) is 1. The lowest BCUT2D eigenvalue weighted by Gasteiger charge is -2.04. The SMILES string of the molecule is Cc1cccc(C(=O)Nc2ccncc2)c1. The van der Waals surface area contributed by atoms with Crippen LogP contribution in [-0.4, -0.2) is 10.9 Å². The fraction of sp³-hybridized carbons (Fsp3) is 0.0769. The van der Waals surface area contributed by atoms with E-state index in [9.17, 15) is 4.79 Å². The summed E-state index contributed by atoms with van der Waals surface area (Å²) in [4.78, 5) is 15.7. The molecule has 3 nitrogen and oxygen atoms in total. The molecular weight excluding hydrogens is 200 g/mol. The molecular formula is C13H12N2O. The summed E-state index contributed by atoms with van der Waals surface area (Å²) in [5, 5.41) is 2.81. The molecule has 80 valence electrons. The van der Waals surface area contributed by atoms with Crippen LogP contribution in [0.25, 0.3) is 0 Å². The fourth-order valence-corrected chi connectivity index (χ4v) is 1.42. The third-order valence-corrected chi connectivity index (χ3v) is 2.22. The maximum Gasteiger partial charge on any atom is 0.255 e. The van der Waals surface area contributed by atoms with Gasteiger partial charge in [0.25, 0.3) is 5.91 Å². The molecule has 0 aliphatic carbocycles. The highest BCUT2D eigenvalue weighted by Crippen LogP contribution is 2.08. The Morgan fingerprint density at radius 1 is 1.19 bits per heavy atom. The van der Waals surface area contributed by atoms with Crippen molar-refractivity contribution < 1.29 is 4.79 Å². The highest BCUT2D eigenvalue weighted by molar-refractivity contribution is 6.04. The molecule has 0 aliphatic heterocycles. The zero-order chi connectivity index (χ0) is 11.4. The van der Waals surface area contributed by atoms with Crippen LogP contribution >= 0.6 is 0 Å². The maximum atomic E-state index is 11.8. The number of anilines is 1. The number of pyridine rings is 1. The third kappa shape index (κ3) is 2.45. The number of amides is 1. The maximum absolute atomic E-state index is 11.8. The van der Waals surface area contributed by atoms with Crippen LogP contribution in [0.3, 0.4) is 0 Å². The summed E-state index contributed by atoms with van der Waals surface area (Å²) >= 11 is 0. The Kier molecular flexibility index (Phi) is 2.96. The van der Waals surface area contributed by atoms with Crippen LogP contribution in [-0.2, 0) is 0 Å². The molecule has 1 aromatic heterocycles. The first kappa shape index (κ1) is 10.4. The van der Waals surface area contributed by atoms with Crippen molar-refractivity contribution in [3.8, 4) is 0 Å². The molecule has 0 radical (unpaired) electrons. The number of rotatable bonds is 2. The summed E-state index contributed by atoms with van der Waals surface area (Å²) in [6.45, 7) is 1.96. The Morgan fingerprint density at radius 2 is 1.94 bits per heavy atom. The van der Waals surface area contributed by atoms with E-state index in [0.717, 1.165) is 11.3 Å². The first-order valence-electron chi connectivity index (χ1n) is 5.04. The van der Waals surface area contributed by atoms with E-state index in [1.54, 1.807) is 30.6 Å². The smallest absolute Gasteiger partial charge is 0.255 e. The zero-order valence-electron chi connectivity index (χ0n) is 8.97. The van der Waals surface area contributed by atoms with E-state index in [1.165, 1.54) is 0 Å². The second-order valence-electron chi connectivity index (χ2n) is 3.56. The van der Waals surface area contributed by atoms with Gasteiger partial charge in [0.2, 0.25) is 0 Å². The van der Waals surface area contributed by atoms with E-state index in [0.29, 0.717) is 5.56 Å². The van der Waals surface area contributed by atoms with Gasteiger partial charge >= 0.3 is 0 Å². The first-order chi connectivity index (χ1) is 7.75. The first-order valence-corrected chi connectivity index (χ1v) is 5.04. The Bertz CT molecular complexity index is 494. The van der Waals surface area contributed by atoms with Crippen molar-refractivity contribution in [2.24, 2.45) is 0 Å². The average Bonchev–Trinajstić information content (AvgIpc) is 2.30. The summed E-state index contributed by atoms with van der Waals surface area (Å²) in [5.74, 6) is -0.102. The second kappa shape index (κ2) is 4.57. The Morgan fingerprint density at radius 3 is 2.62 bits per heavy atom. The lowest BCUT2D eigenvalue weighted by atomic mass is 10.1. The summed E-state index contributed by atoms with van der Waals surface area (Å²) in [5.41, 5.74) is 2.49. The molecule has 0 aliphatic rings. The molecule has 0 saturated carbocycles. The van der Waals surface area contributed by atoms with Gasteiger partial charge in [-0.15, -0.1) is 0 Å². The van der Waals surface area contributed by atoms with Crippen molar-refractivity contribution in [1.82, 2.24) is 4.98 Å². The van der Waals surface area contributed by atoms with Crippen molar-refractivity contribution in [2.45, 2.75) is 6.92 Å². The zero-order valence-corrected chi connectivity index (χ0v) is 8.97. The van der Waals surface area contributed by atoms with E-state index in [1.807, 2.05) is 25.1 Å². The summed E-state index contributed by atoms with van der Waals surface area (Å²) in [6.07, 6.45) is 3.29. The normalized spacial score (nSPS) is 9.81. The average molecular weight is 212 g/mol. The molecule has 0 saturated heterocycles. The van der Waals surface area contributed by atoms with Crippen molar-refractivity contribution in [3.05, 3.63) is 59.9 Å². The topological polar surface area (TPSA) is 42.0 Å². The van der Waals surface area contributed by atoms with Crippen molar-refractivity contribution in [2.75, 3.05) is 5.32 Å². The Hall–Kier alpha value is -2.16. The summed E-state index contributed by atoms with van der Waals surface area (Å²) in [6, 6.07) is 11.0. The van der Waals surface area contributed by atoms with Gasteiger partial charge in [0.15, 0.2) is 0 Å². The number of benzene rings is 1. The molecule has 1 heterocycles. The number of carbonyl (C=O) groups is 1. The minimum absolute atomic E-state index is 0.102. The lowest BCUT2D eigenvalue weighted by molar-refractivity contribution is 0.102. The molecule has 2 aromatic rings. The fourth-order valence-electron chi connectivity index (χ4n) is 1.42. The van der Waals surface area contributed by atoms with Gasteiger partial charge in [0.1, 0.15) is 0 Å². The monoisotopic (exact) mass is 212 g/mol. The van der Waals surface area contributed by atoms with Crippen LogP contribution in [0.15, 0.2) is 48.8 Å². The lowest BCUT2D eigenvalue weighted by Crippen LogP contribution is -2.11. The Balaban J connectivity index is 2.15. The van der Waals surface area contributed by atoms with Gasteiger partial charge in [-0.25, -0.2) is 0 Å². The van der Waals surface area contributed by atoms with Crippen LogP contribution in [0.2, 0.25) is 0 Å². The highest BCUT2D eigenvalue weighted by Gasteiger charge is 2.05. The van der Waals surface area contributed by atoms with E-state index in [-0.39, 0.29) is 5.91 Å². The van der Waals surface area contributed by atoms with E-state index in [4.69, 9.17) is 0 Å². The molecule has 3 heteroatoms. The number of hydrogen-bond acceptors (Lipinski definition) is 2. The van der Waals surface area contributed by atoms with Crippen LogP contribution < -0.4 is 5.32 Å². The number of aryl methyl sites for hydroxylation is 1. The van der Waals surface area contributed by atoms with Gasteiger partial charge in [0, 0.05) is 23.6 Å². The summed E-state index contributed by atoms with van der Waals surface area (Å²) < 4.78 is 0. The highest BCUT2D eigenvalue weighted by atomic mass is 16.1. The minimum atomic E-state index is -0.102. The third-order valence-electron chi connectivity index (χ3n) is 2.22. The van der Waals surface area contributed by atoms with E-state index in [2.05, 4.69) is 10.3 Å². The minimum Gasteiger partial charge on any atom is -0.322 e. The molecule has 0 fully saturated rings. The van der Waals surface area contributed by atoms with Crippen LogP contribution in [0, 0.1) is 6.92 Å². The molecule has 1 aromatic carbocycles. The number of carbonyl (C=O) groups excluding carboxylic acids is 1. The molecule has 2 rings (SSSR count). The van der Waals surface area contributed by atoms with Crippen LogP contribution in [0.4, 0.5) is 5.69 Å². The molecule has 1 amide bonds. The molecule has 16 heavy (non-hydrogen) atoms. The van der Waals surface area contributed by atoms with Gasteiger partial charge in [-0.05, 0) is 31.2 Å². The van der Waals surface area contributed by atoms with Crippen molar-refractivity contribution >= 4 is 11.6 Å². The van der Waals surface area contributed by atoms with E-state index < -0.39 is 0 Å². The number of hydrogen-bond donors (Lipinski definition) is 1. The predicted molar refractivity (Wildman–Crippen MR) is 63.4 cm³/mol. The van der Waals surface area contributed by atoms with Crippen LogP contribution in [0.1, 0.15) is 15.9 Å². The largest absolute Gasteiger partial charge is 0.322 e. The molecule has 0 bridgehead atoms. The van der Waals surface area contributed by atoms with Crippen molar-refractivity contribution in [3.63, 3.8) is 0 Å². The quantitative estimate of drug-likeness (QED) is 0.831. The molecule has 0 spiro atoms. The van der Waals surface area contributed by atoms with Gasteiger partial charge in [-0.3, -0.25) is 9.78 Å². The van der Waals surface area contributed by atoms with Gasteiger partial charge < -0.3 is 5.32 Å². The van der Waals surface area contributed by atoms with Crippen molar-refractivity contribution in [1.29, 1.82) is 0 Å². The molecule has 0 unspecified atom stereocenters.